The second-order valence-corrected chi connectivity index (χ2v) is 10.4. The molecule has 3 aromatic carbocycles. The zero-order valence-electron chi connectivity index (χ0n) is 20.9. The zero-order valence-corrected chi connectivity index (χ0v) is 22.4. The molecular weight excluding hydrogens is 532 g/mol. The van der Waals surface area contributed by atoms with Gasteiger partial charge in [0.25, 0.3) is 12.1 Å². The Hall–Kier alpha value is -3.49. The van der Waals surface area contributed by atoms with Gasteiger partial charge >= 0.3 is 0 Å². The van der Waals surface area contributed by atoms with Crippen LogP contribution in [-0.4, -0.2) is 60.7 Å². The topological polar surface area (TPSA) is 74.2 Å². The molecule has 1 N–H and O–H groups in total. The summed E-state index contributed by atoms with van der Waals surface area (Å²) in [5.74, 6) is 0.480. The highest BCUT2D eigenvalue weighted by atomic mass is 79.9. The number of ether oxygens (including phenoxy) is 1. The molecule has 2 unspecified atom stereocenters. The summed E-state index contributed by atoms with van der Waals surface area (Å²) in [5.41, 5.74) is 3.97. The van der Waals surface area contributed by atoms with Gasteiger partial charge in [-0.1, -0.05) is 58.4 Å². The number of carbonyl (C=O) groups is 2. The van der Waals surface area contributed by atoms with E-state index in [1.807, 2.05) is 74.8 Å². The van der Waals surface area contributed by atoms with Gasteiger partial charge in [0.2, 0.25) is 5.78 Å². The van der Waals surface area contributed by atoms with Gasteiger partial charge in [0, 0.05) is 34.1 Å². The molecule has 8 heteroatoms. The van der Waals surface area contributed by atoms with Crippen molar-refractivity contribution in [3.63, 3.8) is 0 Å². The highest BCUT2D eigenvalue weighted by Crippen LogP contribution is 2.43. The van der Waals surface area contributed by atoms with Crippen molar-refractivity contribution < 1.29 is 14.3 Å². The van der Waals surface area contributed by atoms with E-state index in [4.69, 9.17) is 9.84 Å². The van der Waals surface area contributed by atoms with E-state index in [0.29, 0.717) is 29.8 Å². The van der Waals surface area contributed by atoms with Gasteiger partial charge in [0.05, 0.1) is 11.8 Å². The van der Waals surface area contributed by atoms with Crippen molar-refractivity contribution in [1.82, 2.24) is 15.2 Å². The summed E-state index contributed by atoms with van der Waals surface area (Å²) in [5, 5.41) is 9.62. The number of ketones is 1. The Morgan fingerprint density at radius 1 is 1.03 bits per heavy atom. The first kappa shape index (κ1) is 25.2. The highest BCUT2D eigenvalue weighted by molar-refractivity contribution is 9.10. The number of hydrogen-bond donors (Lipinski definition) is 1. The van der Waals surface area contributed by atoms with Crippen molar-refractivity contribution in [1.29, 1.82) is 0 Å². The van der Waals surface area contributed by atoms with Gasteiger partial charge in [-0.2, -0.15) is 5.10 Å². The predicted octanol–water partition coefficient (Wildman–Crippen LogP) is 4.88. The first-order valence-electron chi connectivity index (χ1n) is 12.4. The average molecular weight is 561 g/mol. The van der Waals surface area contributed by atoms with Gasteiger partial charge in [-0.15, -0.1) is 0 Å². The molecule has 2 aliphatic heterocycles. The minimum Gasteiger partial charge on any atom is -0.461 e. The fourth-order valence-corrected chi connectivity index (χ4v) is 4.92. The smallest absolute Gasteiger partial charge is 0.251 e. The molecule has 0 bridgehead atoms. The Balaban J connectivity index is 1.36. The lowest BCUT2D eigenvalue weighted by molar-refractivity contribution is -0.00455. The van der Waals surface area contributed by atoms with Crippen LogP contribution in [0.4, 0.5) is 0 Å². The Morgan fingerprint density at radius 3 is 2.46 bits per heavy atom. The number of nitrogens with zero attached hydrogens (tertiary/aromatic N) is 3. The summed E-state index contributed by atoms with van der Waals surface area (Å²) in [4.78, 5) is 28.1. The van der Waals surface area contributed by atoms with Crippen LogP contribution in [0.25, 0.3) is 0 Å². The van der Waals surface area contributed by atoms with Gasteiger partial charge in [0.1, 0.15) is 5.75 Å². The molecule has 0 fully saturated rings. The molecule has 0 saturated carbocycles. The first-order valence-corrected chi connectivity index (χ1v) is 13.1. The van der Waals surface area contributed by atoms with E-state index in [1.165, 1.54) is 0 Å². The molecule has 0 radical (unpaired) electrons. The van der Waals surface area contributed by atoms with Gasteiger partial charge in [0.15, 0.2) is 0 Å². The zero-order chi connectivity index (χ0) is 25.9. The fourth-order valence-electron chi connectivity index (χ4n) is 4.65. The number of rotatable bonds is 8. The Labute approximate surface area is 225 Å². The molecule has 0 spiro atoms. The lowest BCUT2D eigenvalue weighted by atomic mass is 9.95. The molecule has 0 aliphatic carbocycles. The molecule has 190 valence electrons. The van der Waals surface area contributed by atoms with E-state index in [-0.39, 0.29) is 17.7 Å². The third-order valence-corrected chi connectivity index (χ3v) is 7.13. The van der Waals surface area contributed by atoms with Crippen molar-refractivity contribution in [2.24, 2.45) is 5.10 Å². The standard InChI is InChI=1S/C29H29BrN4O3/c1-33(2)17-5-16-31-28(36)21-10-8-19(9-11-21)24-18-25-23-6-3-4-7-26(23)37-29(34(25)32-24)27(35)20-12-14-22(30)15-13-20/h3-4,6-15,25,29H,5,16-18H2,1-2H3,(H,31,36). The second-order valence-electron chi connectivity index (χ2n) is 9.52. The number of Topliss-reactive ketones (excluding diaryl/α,β-unsaturated/α-hetero) is 1. The molecule has 5 rings (SSSR count). The van der Waals surface area contributed by atoms with E-state index < -0.39 is 6.23 Å². The summed E-state index contributed by atoms with van der Waals surface area (Å²) in [6.07, 6.45) is 0.681. The number of para-hydroxylation sites is 1. The van der Waals surface area contributed by atoms with Crippen LogP contribution in [0.5, 0.6) is 5.75 Å². The predicted molar refractivity (Wildman–Crippen MR) is 147 cm³/mol. The molecule has 0 aromatic heterocycles. The van der Waals surface area contributed by atoms with E-state index in [9.17, 15) is 9.59 Å². The van der Waals surface area contributed by atoms with Crippen LogP contribution >= 0.6 is 15.9 Å². The van der Waals surface area contributed by atoms with Crippen LogP contribution < -0.4 is 10.1 Å². The summed E-state index contributed by atoms with van der Waals surface area (Å²) < 4.78 is 7.10. The van der Waals surface area contributed by atoms with E-state index >= 15 is 0 Å². The lowest BCUT2D eigenvalue weighted by Gasteiger charge is -2.37. The van der Waals surface area contributed by atoms with Crippen molar-refractivity contribution in [2.45, 2.75) is 25.1 Å². The van der Waals surface area contributed by atoms with Gasteiger partial charge in [-0.3, -0.25) is 9.59 Å². The quantitative estimate of drug-likeness (QED) is 0.314. The molecule has 7 nitrogen and oxygen atoms in total. The maximum atomic E-state index is 13.5. The molecule has 2 heterocycles. The number of hydrogen-bond acceptors (Lipinski definition) is 6. The van der Waals surface area contributed by atoms with Crippen molar-refractivity contribution in [3.8, 4) is 5.75 Å². The molecular formula is C29H29BrN4O3. The number of nitrogens with one attached hydrogen (secondary N) is 1. The molecule has 0 saturated heterocycles. The average Bonchev–Trinajstić information content (AvgIpc) is 3.36. The number of halogens is 1. The van der Waals surface area contributed by atoms with E-state index in [0.717, 1.165) is 34.3 Å². The molecule has 2 aliphatic rings. The minimum absolute atomic E-state index is 0.0847. The van der Waals surface area contributed by atoms with Crippen molar-refractivity contribution in [3.05, 3.63) is 99.5 Å². The minimum atomic E-state index is -0.856. The number of benzene rings is 3. The number of amides is 1. The third-order valence-electron chi connectivity index (χ3n) is 6.60. The monoisotopic (exact) mass is 560 g/mol. The second kappa shape index (κ2) is 10.9. The summed E-state index contributed by atoms with van der Waals surface area (Å²) >= 11 is 3.42. The van der Waals surface area contributed by atoms with Crippen LogP contribution in [0, 0.1) is 0 Å². The highest BCUT2D eigenvalue weighted by Gasteiger charge is 2.43. The molecule has 2 atom stereocenters. The normalized spacial score (nSPS) is 18.1. The third kappa shape index (κ3) is 5.45. The van der Waals surface area contributed by atoms with Crippen LogP contribution in [0.3, 0.4) is 0 Å². The SMILES string of the molecule is CN(C)CCCNC(=O)c1ccc(C2=NN3C(C(=O)c4ccc(Br)cc4)Oc4ccccc4C3C2)cc1. The lowest BCUT2D eigenvalue weighted by Crippen LogP contribution is -2.45. The Kier molecular flexibility index (Phi) is 7.39. The van der Waals surface area contributed by atoms with Crippen LogP contribution in [-0.2, 0) is 0 Å². The first-order chi connectivity index (χ1) is 17.9. The largest absolute Gasteiger partial charge is 0.461 e. The van der Waals surface area contributed by atoms with Crippen molar-refractivity contribution in [2.75, 3.05) is 27.2 Å². The molecule has 1 amide bonds. The van der Waals surface area contributed by atoms with E-state index in [1.54, 1.807) is 17.1 Å². The number of fused-ring (bicyclic) bond motifs is 3. The summed E-state index contributed by atoms with van der Waals surface area (Å²) in [7, 11) is 4.03. The van der Waals surface area contributed by atoms with Crippen LogP contribution in [0.1, 0.15) is 50.7 Å². The molecule has 37 heavy (non-hydrogen) atoms. The van der Waals surface area contributed by atoms with Gasteiger partial charge < -0.3 is 15.0 Å². The number of carbonyl (C=O) groups excluding carboxylic acids is 2. The Morgan fingerprint density at radius 2 is 1.73 bits per heavy atom. The Bertz CT molecular complexity index is 1320. The summed E-state index contributed by atoms with van der Waals surface area (Å²) in [6, 6.07) is 22.5. The summed E-state index contributed by atoms with van der Waals surface area (Å²) in [6.45, 7) is 1.56. The van der Waals surface area contributed by atoms with Gasteiger partial charge in [-0.05, 0) is 63.0 Å². The number of hydrazone groups is 1. The van der Waals surface area contributed by atoms with Crippen LogP contribution in [0.2, 0.25) is 0 Å². The van der Waals surface area contributed by atoms with Gasteiger partial charge in [-0.25, -0.2) is 5.01 Å². The van der Waals surface area contributed by atoms with Crippen molar-refractivity contribution >= 4 is 33.3 Å². The molecule has 3 aromatic rings. The van der Waals surface area contributed by atoms with E-state index in [2.05, 4.69) is 26.1 Å². The van der Waals surface area contributed by atoms with Crippen LogP contribution in [0.15, 0.2) is 82.4 Å². The maximum absolute atomic E-state index is 13.5. The fraction of sp³-hybridized carbons (Fsp3) is 0.276. The maximum Gasteiger partial charge on any atom is 0.251 e.